The molecule has 0 saturated carbocycles. The third kappa shape index (κ3) is 3.91. The summed E-state index contributed by atoms with van der Waals surface area (Å²) in [5.41, 5.74) is 2.13. The molecule has 3 aromatic rings. The predicted molar refractivity (Wildman–Crippen MR) is 91.4 cm³/mol. The molecule has 7 heteroatoms. The molecule has 3 rings (SSSR count). The Labute approximate surface area is 146 Å². The highest BCUT2D eigenvalue weighted by molar-refractivity contribution is 9.10. The molecular formula is C17H13BrN4O2. The van der Waals surface area contributed by atoms with Crippen LogP contribution in [0.15, 0.2) is 53.3 Å². The van der Waals surface area contributed by atoms with Crippen LogP contribution in [0.5, 0.6) is 5.75 Å². The molecule has 0 bridgehead atoms. The van der Waals surface area contributed by atoms with E-state index in [1.54, 1.807) is 24.3 Å². The molecule has 24 heavy (non-hydrogen) atoms. The topological polar surface area (TPSA) is 79.4 Å². The number of hydrogen-bond donors (Lipinski definition) is 1. The first-order chi connectivity index (χ1) is 11.6. The van der Waals surface area contributed by atoms with Crippen molar-refractivity contribution in [2.75, 3.05) is 6.61 Å². The molecule has 6 nitrogen and oxygen atoms in total. The third-order valence-corrected chi connectivity index (χ3v) is 3.75. The Morgan fingerprint density at radius 2 is 2.04 bits per heavy atom. The molecule has 0 fully saturated rings. The molecular weight excluding hydrogens is 372 g/mol. The lowest BCUT2D eigenvalue weighted by Crippen LogP contribution is -2.28. The van der Waals surface area contributed by atoms with Gasteiger partial charge in [0.05, 0.1) is 23.9 Å². The van der Waals surface area contributed by atoms with Crippen molar-refractivity contribution in [1.82, 2.24) is 14.7 Å². The number of carbonyl (C=O) groups excluding carboxylic acids is 1. The van der Waals surface area contributed by atoms with Crippen molar-refractivity contribution in [2.45, 2.75) is 6.54 Å². The van der Waals surface area contributed by atoms with Crippen molar-refractivity contribution in [3.05, 3.63) is 64.5 Å². The van der Waals surface area contributed by atoms with Crippen LogP contribution < -0.4 is 10.1 Å². The fourth-order valence-electron chi connectivity index (χ4n) is 2.12. The second-order valence-electron chi connectivity index (χ2n) is 5.05. The zero-order valence-electron chi connectivity index (χ0n) is 12.6. The maximum Gasteiger partial charge on any atom is 0.258 e. The van der Waals surface area contributed by atoms with E-state index in [0.717, 1.165) is 15.8 Å². The number of carbonyl (C=O) groups is 1. The van der Waals surface area contributed by atoms with Crippen LogP contribution in [0.1, 0.15) is 11.3 Å². The molecule has 0 spiro atoms. The minimum absolute atomic E-state index is 0.0924. The lowest BCUT2D eigenvalue weighted by atomic mass is 10.2. The van der Waals surface area contributed by atoms with E-state index in [4.69, 9.17) is 10.00 Å². The summed E-state index contributed by atoms with van der Waals surface area (Å²) < 4.78 is 8.22. The van der Waals surface area contributed by atoms with Crippen molar-refractivity contribution >= 4 is 27.5 Å². The summed E-state index contributed by atoms with van der Waals surface area (Å²) in [6, 6.07) is 12.4. The fraction of sp³-hybridized carbons (Fsp3) is 0.118. The number of imidazole rings is 1. The van der Waals surface area contributed by atoms with Gasteiger partial charge in [-0.25, -0.2) is 4.98 Å². The van der Waals surface area contributed by atoms with Crippen LogP contribution in [0.2, 0.25) is 0 Å². The Hall–Kier alpha value is -2.85. The standard InChI is InChI=1S/C17H13BrN4O2/c18-13-3-6-16-21-14(10-22(16)9-13)8-20-17(23)11-24-15-4-1-12(7-19)2-5-15/h1-6,9-10H,8,11H2,(H,20,23). The zero-order valence-corrected chi connectivity index (χ0v) is 14.2. The Morgan fingerprint density at radius 3 is 2.79 bits per heavy atom. The molecule has 0 aliphatic rings. The van der Waals surface area contributed by atoms with Gasteiger partial charge in [0.2, 0.25) is 0 Å². The number of pyridine rings is 1. The lowest BCUT2D eigenvalue weighted by Gasteiger charge is -2.06. The summed E-state index contributed by atoms with van der Waals surface area (Å²) in [4.78, 5) is 16.3. The molecule has 0 saturated heterocycles. The van der Waals surface area contributed by atoms with Crippen LogP contribution in [0.4, 0.5) is 0 Å². The van der Waals surface area contributed by atoms with E-state index in [1.165, 1.54) is 0 Å². The molecule has 2 heterocycles. The normalized spacial score (nSPS) is 10.3. The lowest BCUT2D eigenvalue weighted by molar-refractivity contribution is -0.123. The van der Waals surface area contributed by atoms with Gasteiger partial charge in [0.25, 0.3) is 5.91 Å². The van der Waals surface area contributed by atoms with Crippen molar-refractivity contribution in [1.29, 1.82) is 5.26 Å². The molecule has 2 aromatic heterocycles. The van der Waals surface area contributed by atoms with Gasteiger partial charge in [-0.05, 0) is 52.3 Å². The molecule has 1 amide bonds. The fourth-order valence-corrected chi connectivity index (χ4v) is 2.47. The van der Waals surface area contributed by atoms with Crippen LogP contribution >= 0.6 is 15.9 Å². The average Bonchev–Trinajstić information content (AvgIpc) is 3.00. The number of benzene rings is 1. The second kappa shape index (κ2) is 7.15. The molecule has 0 unspecified atom stereocenters. The molecule has 1 N–H and O–H groups in total. The maximum absolute atomic E-state index is 11.9. The molecule has 0 radical (unpaired) electrons. The molecule has 0 atom stereocenters. The van der Waals surface area contributed by atoms with E-state index in [0.29, 0.717) is 17.9 Å². The Balaban J connectivity index is 1.51. The number of fused-ring (bicyclic) bond motifs is 1. The SMILES string of the molecule is N#Cc1ccc(OCC(=O)NCc2cn3cc(Br)ccc3n2)cc1. The summed E-state index contributed by atoms with van der Waals surface area (Å²) in [7, 11) is 0. The van der Waals surface area contributed by atoms with Gasteiger partial charge in [-0.15, -0.1) is 0 Å². The van der Waals surface area contributed by atoms with E-state index in [9.17, 15) is 4.79 Å². The van der Waals surface area contributed by atoms with Crippen molar-refractivity contribution in [2.24, 2.45) is 0 Å². The largest absolute Gasteiger partial charge is 0.484 e. The van der Waals surface area contributed by atoms with Gasteiger partial charge in [0.1, 0.15) is 11.4 Å². The summed E-state index contributed by atoms with van der Waals surface area (Å²) in [6.45, 7) is 0.236. The molecule has 1 aromatic carbocycles. The van der Waals surface area contributed by atoms with E-state index in [2.05, 4.69) is 26.2 Å². The quantitative estimate of drug-likeness (QED) is 0.733. The van der Waals surface area contributed by atoms with Gasteiger partial charge in [-0.3, -0.25) is 4.79 Å². The summed E-state index contributed by atoms with van der Waals surface area (Å²) in [6.07, 6.45) is 3.77. The number of halogens is 1. The highest BCUT2D eigenvalue weighted by Gasteiger charge is 2.06. The number of nitrogens with one attached hydrogen (secondary N) is 1. The predicted octanol–water partition coefficient (Wildman–Crippen LogP) is 2.66. The minimum Gasteiger partial charge on any atom is -0.484 e. The maximum atomic E-state index is 11.9. The first-order valence-electron chi connectivity index (χ1n) is 7.17. The van der Waals surface area contributed by atoms with Crippen molar-refractivity contribution < 1.29 is 9.53 Å². The van der Waals surface area contributed by atoms with Crippen LogP contribution in [0, 0.1) is 11.3 Å². The molecule has 0 aliphatic carbocycles. The van der Waals surface area contributed by atoms with Crippen LogP contribution in [-0.4, -0.2) is 21.9 Å². The Kier molecular flexibility index (Phi) is 4.77. The number of nitriles is 1. The molecule has 120 valence electrons. The van der Waals surface area contributed by atoms with Crippen LogP contribution in [0.25, 0.3) is 5.65 Å². The van der Waals surface area contributed by atoms with Crippen molar-refractivity contribution in [3.63, 3.8) is 0 Å². The smallest absolute Gasteiger partial charge is 0.258 e. The summed E-state index contributed by atoms with van der Waals surface area (Å²) >= 11 is 3.40. The number of nitrogens with zero attached hydrogens (tertiary/aromatic N) is 3. The van der Waals surface area contributed by atoms with Crippen LogP contribution in [-0.2, 0) is 11.3 Å². The minimum atomic E-state index is -0.238. The van der Waals surface area contributed by atoms with E-state index >= 15 is 0 Å². The van der Waals surface area contributed by atoms with Gasteiger partial charge in [-0.1, -0.05) is 0 Å². The van der Waals surface area contributed by atoms with Gasteiger partial charge in [0.15, 0.2) is 6.61 Å². The monoisotopic (exact) mass is 384 g/mol. The second-order valence-corrected chi connectivity index (χ2v) is 5.96. The first kappa shape index (κ1) is 16.0. The summed E-state index contributed by atoms with van der Waals surface area (Å²) in [5.74, 6) is 0.305. The summed E-state index contributed by atoms with van der Waals surface area (Å²) in [5, 5.41) is 11.5. The third-order valence-electron chi connectivity index (χ3n) is 3.28. The number of rotatable bonds is 5. The van der Waals surface area contributed by atoms with Gasteiger partial charge in [0, 0.05) is 16.9 Å². The zero-order chi connectivity index (χ0) is 16.9. The Morgan fingerprint density at radius 1 is 1.25 bits per heavy atom. The number of ether oxygens (including phenoxy) is 1. The van der Waals surface area contributed by atoms with Gasteiger partial charge < -0.3 is 14.5 Å². The van der Waals surface area contributed by atoms with E-state index in [1.807, 2.05) is 35.0 Å². The van der Waals surface area contributed by atoms with E-state index < -0.39 is 0 Å². The first-order valence-corrected chi connectivity index (χ1v) is 7.96. The average molecular weight is 385 g/mol. The molecule has 0 aliphatic heterocycles. The number of aromatic nitrogens is 2. The number of hydrogen-bond acceptors (Lipinski definition) is 4. The Bertz CT molecular complexity index is 912. The van der Waals surface area contributed by atoms with Crippen LogP contribution in [0.3, 0.4) is 0 Å². The van der Waals surface area contributed by atoms with Gasteiger partial charge in [-0.2, -0.15) is 5.26 Å². The van der Waals surface area contributed by atoms with Gasteiger partial charge >= 0.3 is 0 Å². The highest BCUT2D eigenvalue weighted by atomic mass is 79.9. The van der Waals surface area contributed by atoms with E-state index in [-0.39, 0.29) is 12.5 Å². The number of amides is 1. The van der Waals surface area contributed by atoms with Crippen molar-refractivity contribution in [3.8, 4) is 11.8 Å². The highest BCUT2D eigenvalue weighted by Crippen LogP contribution is 2.13.